The molecule has 0 amide bonds. The molecule has 1 fully saturated rings. The monoisotopic (exact) mass is 372 g/mol. The lowest BCUT2D eigenvalue weighted by Gasteiger charge is -2.25. The minimum absolute atomic E-state index is 0.114. The van der Waals surface area contributed by atoms with Crippen LogP contribution in [0.4, 0.5) is 5.69 Å². The highest BCUT2D eigenvalue weighted by molar-refractivity contribution is 6.31. The van der Waals surface area contributed by atoms with E-state index < -0.39 is 4.92 Å². The summed E-state index contributed by atoms with van der Waals surface area (Å²) >= 11 is 6.11. The molecule has 136 valence electrons. The lowest BCUT2D eigenvalue weighted by atomic mass is 9.99. The van der Waals surface area contributed by atoms with E-state index in [1.165, 1.54) is 0 Å². The molecule has 7 heteroatoms. The van der Waals surface area contributed by atoms with Crippen LogP contribution in [0.2, 0.25) is 5.15 Å². The highest BCUT2D eigenvalue weighted by atomic mass is 35.5. The fourth-order valence-corrected chi connectivity index (χ4v) is 3.72. The molecule has 0 N–H and O–H groups in total. The van der Waals surface area contributed by atoms with Gasteiger partial charge in [0, 0.05) is 24.4 Å². The van der Waals surface area contributed by atoms with E-state index in [0.717, 1.165) is 42.8 Å². The van der Waals surface area contributed by atoms with Gasteiger partial charge < -0.3 is 4.90 Å². The second kappa shape index (κ2) is 7.83. The van der Waals surface area contributed by atoms with Crippen LogP contribution >= 0.6 is 11.6 Å². The highest BCUT2D eigenvalue weighted by Gasteiger charge is 2.29. The number of likely N-dealkylation sites (tertiary alicyclic amines) is 1. The first kappa shape index (κ1) is 18.3. The SMILES string of the molecule is CC/C(=C(\c1ccccc1)N1CCCC1)c1nc(C)nc(Cl)c1[N+](=O)[O-]. The Kier molecular flexibility index (Phi) is 5.52. The van der Waals surface area contributed by atoms with Crippen LogP contribution in [0.5, 0.6) is 0 Å². The molecule has 0 atom stereocenters. The third-order valence-corrected chi connectivity index (χ3v) is 4.79. The van der Waals surface area contributed by atoms with Crippen molar-refractivity contribution in [1.82, 2.24) is 14.9 Å². The largest absolute Gasteiger partial charge is 0.371 e. The second-order valence-corrected chi connectivity index (χ2v) is 6.61. The lowest BCUT2D eigenvalue weighted by molar-refractivity contribution is -0.385. The van der Waals surface area contributed by atoms with Gasteiger partial charge in [0.15, 0.2) is 5.69 Å². The van der Waals surface area contributed by atoms with Crippen LogP contribution in [-0.2, 0) is 0 Å². The zero-order chi connectivity index (χ0) is 18.7. The van der Waals surface area contributed by atoms with Crippen molar-refractivity contribution in [1.29, 1.82) is 0 Å². The summed E-state index contributed by atoms with van der Waals surface area (Å²) in [6.07, 6.45) is 2.83. The van der Waals surface area contributed by atoms with Gasteiger partial charge in [0.25, 0.3) is 0 Å². The number of hydrogen-bond donors (Lipinski definition) is 0. The maximum absolute atomic E-state index is 11.7. The van der Waals surface area contributed by atoms with Crippen LogP contribution in [0.3, 0.4) is 0 Å². The van der Waals surface area contributed by atoms with E-state index >= 15 is 0 Å². The number of hydrogen-bond acceptors (Lipinski definition) is 5. The number of aryl methyl sites for hydroxylation is 1. The molecule has 1 aliphatic heterocycles. The van der Waals surface area contributed by atoms with Crippen LogP contribution in [0.25, 0.3) is 11.3 Å². The Hall–Kier alpha value is -2.47. The maximum Gasteiger partial charge on any atom is 0.332 e. The Morgan fingerprint density at radius 1 is 1.23 bits per heavy atom. The van der Waals surface area contributed by atoms with E-state index in [1.54, 1.807) is 6.92 Å². The zero-order valence-corrected chi connectivity index (χ0v) is 15.7. The van der Waals surface area contributed by atoms with Gasteiger partial charge in [-0.1, -0.05) is 48.9 Å². The average Bonchev–Trinajstić information content (AvgIpc) is 3.13. The smallest absolute Gasteiger partial charge is 0.332 e. The Morgan fingerprint density at radius 2 is 1.88 bits per heavy atom. The molecule has 1 aliphatic rings. The first-order valence-corrected chi connectivity index (χ1v) is 9.13. The number of nitrogens with zero attached hydrogens (tertiary/aromatic N) is 4. The van der Waals surface area contributed by atoms with E-state index in [9.17, 15) is 10.1 Å². The van der Waals surface area contributed by atoms with Crippen molar-refractivity contribution in [3.05, 3.63) is 62.7 Å². The molecule has 1 aromatic heterocycles. The van der Waals surface area contributed by atoms with E-state index in [4.69, 9.17) is 11.6 Å². The van der Waals surface area contributed by atoms with Crippen molar-refractivity contribution >= 4 is 28.6 Å². The van der Waals surface area contributed by atoms with Crippen LogP contribution < -0.4 is 0 Å². The molecule has 0 bridgehead atoms. The number of aromatic nitrogens is 2. The standard InChI is InChI=1S/C19H21ClN4O2/c1-3-15(16-18(24(25)26)19(20)22-13(2)21-16)17(23-11-7-8-12-23)14-9-5-4-6-10-14/h4-6,9-10H,3,7-8,11-12H2,1-2H3/b17-15-. The fraction of sp³-hybridized carbons (Fsp3) is 0.368. The number of benzene rings is 1. The molecule has 2 aromatic rings. The predicted octanol–water partition coefficient (Wildman–Crippen LogP) is 4.72. The minimum atomic E-state index is -0.487. The van der Waals surface area contributed by atoms with E-state index in [-0.39, 0.29) is 10.8 Å². The van der Waals surface area contributed by atoms with Crippen LogP contribution in [-0.4, -0.2) is 32.9 Å². The van der Waals surface area contributed by atoms with Gasteiger partial charge >= 0.3 is 5.69 Å². The molecule has 3 rings (SSSR count). The predicted molar refractivity (Wildman–Crippen MR) is 103 cm³/mol. The van der Waals surface area contributed by atoms with E-state index in [0.29, 0.717) is 17.9 Å². The van der Waals surface area contributed by atoms with Crippen molar-refractivity contribution in [3.8, 4) is 0 Å². The van der Waals surface area contributed by atoms with Gasteiger partial charge in [0.1, 0.15) is 5.82 Å². The lowest BCUT2D eigenvalue weighted by Crippen LogP contribution is -2.20. The van der Waals surface area contributed by atoms with E-state index in [1.807, 2.05) is 37.3 Å². The van der Waals surface area contributed by atoms with E-state index in [2.05, 4.69) is 14.9 Å². The van der Waals surface area contributed by atoms with Gasteiger partial charge in [0.05, 0.1) is 4.92 Å². The maximum atomic E-state index is 11.7. The van der Waals surface area contributed by atoms with Gasteiger partial charge in [-0.2, -0.15) is 0 Å². The topological polar surface area (TPSA) is 72.2 Å². The van der Waals surface area contributed by atoms with Gasteiger partial charge in [-0.25, -0.2) is 9.97 Å². The summed E-state index contributed by atoms with van der Waals surface area (Å²) in [6.45, 7) is 5.55. The Labute approximate surface area is 157 Å². The molecule has 2 heterocycles. The number of allylic oxidation sites excluding steroid dienone is 1. The summed E-state index contributed by atoms with van der Waals surface area (Å²) < 4.78 is 0. The third kappa shape index (κ3) is 3.55. The first-order chi connectivity index (χ1) is 12.5. The van der Waals surface area contributed by atoms with Crippen LogP contribution in [0.1, 0.15) is 43.3 Å². The third-order valence-electron chi connectivity index (χ3n) is 4.53. The molecule has 0 saturated carbocycles. The normalized spacial score (nSPS) is 15.1. The summed E-state index contributed by atoms with van der Waals surface area (Å²) in [4.78, 5) is 21.9. The highest BCUT2D eigenvalue weighted by Crippen LogP contribution is 2.38. The van der Waals surface area contributed by atoms with Crippen LogP contribution in [0, 0.1) is 17.0 Å². The molecule has 0 aliphatic carbocycles. The molecular formula is C19H21ClN4O2. The quantitative estimate of drug-likeness (QED) is 0.431. The number of nitro groups is 1. The van der Waals surface area contributed by atoms with Crippen molar-refractivity contribution in [2.24, 2.45) is 0 Å². The number of halogens is 1. The molecule has 6 nitrogen and oxygen atoms in total. The molecule has 0 radical (unpaired) electrons. The van der Waals surface area contributed by atoms with Gasteiger partial charge in [-0.3, -0.25) is 10.1 Å². The molecule has 0 spiro atoms. The van der Waals surface area contributed by atoms with Crippen molar-refractivity contribution in [3.63, 3.8) is 0 Å². The van der Waals surface area contributed by atoms with Crippen molar-refractivity contribution < 1.29 is 4.92 Å². The summed E-state index contributed by atoms with van der Waals surface area (Å²) in [7, 11) is 0. The number of rotatable bonds is 5. The first-order valence-electron chi connectivity index (χ1n) is 8.75. The molecule has 1 aromatic carbocycles. The fourth-order valence-electron chi connectivity index (χ4n) is 3.44. The summed E-state index contributed by atoms with van der Waals surface area (Å²) in [5.74, 6) is 0.426. The average molecular weight is 373 g/mol. The minimum Gasteiger partial charge on any atom is -0.371 e. The van der Waals surface area contributed by atoms with Crippen molar-refractivity contribution in [2.45, 2.75) is 33.1 Å². The van der Waals surface area contributed by atoms with Gasteiger partial charge in [-0.05, 0) is 31.7 Å². The Morgan fingerprint density at radius 3 is 2.46 bits per heavy atom. The van der Waals surface area contributed by atoms with Crippen LogP contribution in [0.15, 0.2) is 30.3 Å². The Bertz CT molecular complexity index is 846. The summed E-state index contributed by atoms with van der Waals surface area (Å²) in [5, 5.41) is 11.5. The summed E-state index contributed by atoms with van der Waals surface area (Å²) in [5.41, 5.74) is 2.97. The zero-order valence-electron chi connectivity index (χ0n) is 14.9. The Balaban J connectivity index is 2.31. The molecule has 1 saturated heterocycles. The molecular weight excluding hydrogens is 352 g/mol. The van der Waals surface area contributed by atoms with Crippen molar-refractivity contribution in [2.75, 3.05) is 13.1 Å². The summed E-state index contributed by atoms with van der Waals surface area (Å²) in [6, 6.07) is 9.98. The second-order valence-electron chi connectivity index (χ2n) is 6.26. The van der Waals surface area contributed by atoms with Gasteiger partial charge in [-0.15, -0.1) is 0 Å². The van der Waals surface area contributed by atoms with Gasteiger partial charge in [0.2, 0.25) is 5.15 Å². The molecule has 26 heavy (non-hydrogen) atoms. The molecule has 0 unspecified atom stereocenters.